The summed E-state index contributed by atoms with van der Waals surface area (Å²) in [5.41, 5.74) is -0.377. The fourth-order valence-electron chi connectivity index (χ4n) is 5.67. The van der Waals surface area contributed by atoms with Crippen molar-refractivity contribution in [1.29, 1.82) is 0 Å². The second kappa shape index (κ2) is 21.5. The van der Waals surface area contributed by atoms with Gasteiger partial charge in [0.05, 0.1) is 0 Å². The van der Waals surface area contributed by atoms with Gasteiger partial charge in [0.25, 0.3) is 0 Å². The monoisotopic (exact) mass is 864 g/mol. The normalized spacial score (nSPS) is 16.2. The highest BCUT2D eigenvalue weighted by Gasteiger charge is 2.30. The molecular weight excluding hydrogens is 801 g/mol. The Morgan fingerprint density at radius 1 is 0.484 bits per heavy atom. The van der Waals surface area contributed by atoms with Gasteiger partial charge in [-0.1, -0.05) is 24.3 Å². The highest BCUT2D eigenvalue weighted by molar-refractivity contribution is 6.00. The second-order valence-corrected chi connectivity index (χ2v) is 18.8. The minimum atomic E-state index is -0.891. The zero-order valence-electron chi connectivity index (χ0n) is 38.0. The molecule has 0 unspecified atom stereocenters. The number of alkyl carbamates (subject to hydrolysis) is 2. The quantitative estimate of drug-likeness (QED) is 0.0845. The second-order valence-electron chi connectivity index (χ2n) is 18.8. The molecule has 0 saturated heterocycles. The van der Waals surface area contributed by atoms with Crippen LogP contribution in [0.4, 0.5) is 30.6 Å². The molecule has 1 aliphatic rings. The Labute approximate surface area is 364 Å². The van der Waals surface area contributed by atoms with Crippen molar-refractivity contribution in [3.05, 3.63) is 59.7 Å². The molecule has 1 aliphatic carbocycles. The molecule has 6 N–H and O–H groups in total. The predicted molar refractivity (Wildman–Crippen MR) is 235 cm³/mol. The summed E-state index contributed by atoms with van der Waals surface area (Å²) >= 11 is 0. The lowest BCUT2D eigenvalue weighted by molar-refractivity contribution is -0.125. The molecule has 0 aliphatic heterocycles. The van der Waals surface area contributed by atoms with Crippen molar-refractivity contribution in [1.82, 2.24) is 21.3 Å². The van der Waals surface area contributed by atoms with Crippen LogP contribution < -0.4 is 31.9 Å². The van der Waals surface area contributed by atoms with Crippen molar-refractivity contribution in [3.63, 3.8) is 0 Å². The van der Waals surface area contributed by atoms with Crippen molar-refractivity contribution < 1.29 is 47.7 Å². The smallest absolute Gasteiger partial charge is 0.437 e. The van der Waals surface area contributed by atoms with Gasteiger partial charge in [-0.05, 0) is 144 Å². The Balaban J connectivity index is 1.49. The topological polar surface area (TPSA) is 236 Å². The largest absolute Gasteiger partial charge is 0.444 e. The lowest BCUT2D eigenvalue weighted by Crippen LogP contribution is -2.44. The van der Waals surface area contributed by atoms with E-state index in [1.807, 2.05) is 0 Å². The number of guanidine groups is 2. The van der Waals surface area contributed by atoms with Gasteiger partial charge >= 0.3 is 24.4 Å². The van der Waals surface area contributed by atoms with Crippen LogP contribution in [0.3, 0.4) is 0 Å². The fourth-order valence-corrected chi connectivity index (χ4v) is 5.67. The molecule has 0 heterocycles. The molecule has 0 bridgehead atoms. The van der Waals surface area contributed by atoms with Crippen LogP contribution in [0.1, 0.15) is 120 Å². The summed E-state index contributed by atoms with van der Waals surface area (Å²) in [6.45, 7) is 20.8. The van der Waals surface area contributed by atoms with Crippen molar-refractivity contribution in [3.8, 4) is 0 Å². The van der Waals surface area contributed by atoms with Gasteiger partial charge in [0, 0.05) is 36.3 Å². The molecule has 0 atom stereocenters. The summed E-state index contributed by atoms with van der Waals surface area (Å²) in [6.07, 6.45) is -1.19. The van der Waals surface area contributed by atoms with E-state index < -0.39 is 46.8 Å². The van der Waals surface area contributed by atoms with Crippen LogP contribution in [0.25, 0.3) is 0 Å². The van der Waals surface area contributed by atoms with Gasteiger partial charge in [0.2, 0.25) is 23.7 Å². The van der Waals surface area contributed by atoms with Crippen LogP contribution in [0, 0.1) is 11.8 Å². The molecule has 1 fully saturated rings. The highest BCUT2D eigenvalue weighted by atomic mass is 16.6. The zero-order valence-corrected chi connectivity index (χ0v) is 38.0. The van der Waals surface area contributed by atoms with Crippen LogP contribution in [0.5, 0.6) is 0 Å². The first-order chi connectivity index (χ1) is 28.6. The van der Waals surface area contributed by atoms with E-state index in [0.717, 1.165) is 11.1 Å². The molecule has 3 rings (SSSR count). The summed E-state index contributed by atoms with van der Waals surface area (Å²) in [7, 11) is 0. The number of hydrogen-bond donors (Lipinski definition) is 6. The number of aliphatic imine (C=N–C) groups is 2. The van der Waals surface area contributed by atoms with E-state index >= 15 is 0 Å². The Morgan fingerprint density at radius 2 is 0.774 bits per heavy atom. The highest BCUT2D eigenvalue weighted by Crippen LogP contribution is 2.31. The van der Waals surface area contributed by atoms with Crippen LogP contribution >= 0.6 is 0 Å². The first-order valence-electron chi connectivity index (χ1n) is 20.5. The van der Waals surface area contributed by atoms with Crippen molar-refractivity contribution in [2.75, 3.05) is 10.6 Å². The molecule has 6 amide bonds. The van der Waals surface area contributed by atoms with Gasteiger partial charge in [-0.25, -0.2) is 19.2 Å². The van der Waals surface area contributed by atoms with Gasteiger partial charge in [-0.3, -0.25) is 20.2 Å². The molecule has 340 valence electrons. The standard InChI is InChI=1S/C44H64N8O10/c1-41(2,3)59-37(55)49-35(50-38(56)60-42(4,5)6)45-25-27-13-21-31(22-14-27)47-33(53)29-17-19-30(20-18-29)34(54)48-32-23-15-28(16-24-32)26-46-36(51-39(57)61-43(7,8)9)52-40(58)62-44(10,11)12/h13-16,21-24,29-30H,17-20,25-26H2,1-12H3,(H,47,53)(H,48,54)(H2,45,49,50,55,56)(H2,46,51,52,57,58)/t29-,30+. The number of benzene rings is 2. The van der Waals surface area contributed by atoms with E-state index in [1.54, 1.807) is 132 Å². The SMILES string of the molecule is CC(C)(C)OC(=O)/N=C(\NCc1ccc(NC(=O)[C@H]2CC[C@@H](C(=O)Nc3ccc(CN/C(=N\C(=O)OC(C)(C)C)NC(=O)OC(C)(C)C)cc3)CC2)cc1)NC(=O)OC(C)(C)C. The van der Waals surface area contributed by atoms with E-state index in [9.17, 15) is 28.8 Å². The Hall–Kier alpha value is -6.20. The van der Waals surface area contributed by atoms with E-state index in [2.05, 4.69) is 41.9 Å². The molecular formula is C44H64N8O10. The lowest BCUT2D eigenvalue weighted by Gasteiger charge is -2.27. The van der Waals surface area contributed by atoms with Gasteiger partial charge in [-0.15, -0.1) is 9.98 Å². The van der Waals surface area contributed by atoms with Gasteiger partial charge in [0.15, 0.2) is 0 Å². The molecule has 18 heteroatoms. The molecule has 1 saturated carbocycles. The lowest BCUT2D eigenvalue weighted by atomic mass is 9.81. The Bertz CT molecular complexity index is 1800. The number of amides is 6. The summed E-state index contributed by atoms with van der Waals surface area (Å²) in [5.74, 6) is -1.07. The molecule has 0 spiro atoms. The van der Waals surface area contributed by atoms with Gasteiger partial charge < -0.3 is 40.2 Å². The van der Waals surface area contributed by atoms with Gasteiger partial charge in [0.1, 0.15) is 22.4 Å². The number of carbonyl (C=O) groups is 6. The molecule has 0 radical (unpaired) electrons. The van der Waals surface area contributed by atoms with E-state index in [-0.39, 0.29) is 48.7 Å². The average molecular weight is 865 g/mol. The molecule has 2 aromatic carbocycles. The molecule has 0 aromatic heterocycles. The predicted octanol–water partition coefficient (Wildman–Crippen LogP) is 7.88. The van der Waals surface area contributed by atoms with E-state index in [4.69, 9.17) is 18.9 Å². The van der Waals surface area contributed by atoms with Crippen LogP contribution in [0.15, 0.2) is 58.5 Å². The molecule has 62 heavy (non-hydrogen) atoms. The van der Waals surface area contributed by atoms with Crippen LogP contribution in [-0.4, -0.2) is 70.5 Å². The van der Waals surface area contributed by atoms with Crippen LogP contribution in [-0.2, 0) is 41.6 Å². The van der Waals surface area contributed by atoms with Gasteiger partial charge in [-0.2, -0.15) is 0 Å². The van der Waals surface area contributed by atoms with Crippen LogP contribution in [0.2, 0.25) is 0 Å². The Kier molecular flexibility index (Phi) is 17.4. The first-order valence-corrected chi connectivity index (χ1v) is 20.5. The maximum atomic E-state index is 13.2. The third-order valence-electron chi connectivity index (χ3n) is 8.26. The number of anilines is 2. The number of nitrogens with one attached hydrogen (secondary N) is 6. The maximum absolute atomic E-state index is 13.2. The third kappa shape index (κ3) is 20.4. The number of rotatable bonds is 8. The van der Waals surface area contributed by atoms with Crippen molar-refractivity contribution in [2.24, 2.45) is 21.8 Å². The van der Waals surface area contributed by atoms with E-state index in [1.165, 1.54) is 0 Å². The number of hydrogen-bond acceptors (Lipinski definition) is 10. The summed E-state index contributed by atoms with van der Waals surface area (Å²) in [5, 5.41) is 16.7. The zero-order chi connectivity index (χ0) is 46.5. The first kappa shape index (κ1) is 50.2. The minimum absolute atomic E-state index is 0.132. The summed E-state index contributed by atoms with van der Waals surface area (Å²) < 4.78 is 21.1. The number of carbonyl (C=O) groups excluding carboxylic acids is 6. The van der Waals surface area contributed by atoms with Crippen molar-refractivity contribution >= 4 is 59.5 Å². The molecule has 18 nitrogen and oxygen atoms in total. The fraction of sp³-hybridized carbons (Fsp3) is 0.545. The number of nitrogens with zero attached hydrogens (tertiary/aromatic N) is 2. The summed E-state index contributed by atoms with van der Waals surface area (Å²) in [6, 6.07) is 14.1. The third-order valence-corrected chi connectivity index (χ3v) is 8.26. The minimum Gasteiger partial charge on any atom is -0.444 e. The molecule has 2 aromatic rings. The Morgan fingerprint density at radius 3 is 1.05 bits per heavy atom. The average Bonchev–Trinajstić information content (AvgIpc) is 3.11. The maximum Gasteiger partial charge on any atom is 0.437 e. The van der Waals surface area contributed by atoms with Crippen molar-refractivity contribution in [2.45, 2.75) is 144 Å². The summed E-state index contributed by atoms with van der Waals surface area (Å²) in [4.78, 5) is 83.6. The number of ether oxygens (including phenoxy) is 4. The van der Waals surface area contributed by atoms with E-state index in [0.29, 0.717) is 37.1 Å².